The minimum absolute atomic E-state index is 0.00387. The molecule has 28 heavy (non-hydrogen) atoms. The third-order valence-electron chi connectivity index (χ3n) is 5.21. The van der Waals surface area contributed by atoms with Gasteiger partial charge in [-0.3, -0.25) is 4.79 Å². The van der Waals surface area contributed by atoms with Crippen molar-refractivity contribution in [2.75, 3.05) is 19.8 Å². The molecule has 2 aliphatic rings. The van der Waals surface area contributed by atoms with Crippen molar-refractivity contribution in [3.63, 3.8) is 0 Å². The number of hydrogen-bond acceptors (Lipinski definition) is 5. The van der Waals surface area contributed by atoms with E-state index in [4.69, 9.17) is 9.47 Å². The lowest BCUT2D eigenvalue weighted by atomic mass is 10.0. The number of nitrogens with zero attached hydrogens (tertiary/aromatic N) is 2. The fourth-order valence-corrected chi connectivity index (χ4v) is 4.66. The molecule has 5 rings (SSSR count). The van der Waals surface area contributed by atoms with Crippen molar-refractivity contribution in [1.29, 1.82) is 0 Å². The van der Waals surface area contributed by atoms with Crippen LogP contribution in [0.5, 0.6) is 11.5 Å². The second-order valence-corrected chi connectivity index (χ2v) is 7.82. The number of thiazole rings is 1. The summed E-state index contributed by atoms with van der Waals surface area (Å²) < 4.78 is 11.3. The predicted molar refractivity (Wildman–Crippen MR) is 108 cm³/mol. The first kappa shape index (κ1) is 17.3. The van der Waals surface area contributed by atoms with Gasteiger partial charge < -0.3 is 14.4 Å². The second kappa shape index (κ2) is 7.28. The van der Waals surface area contributed by atoms with Gasteiger partial charge in [0.25, 0.3) is 5.91 Å². The number of carbonyl (C=O) groups is 1. The SMILES string of the molecule is O=C(c1csc(-c2ccccc2)n1)N1CCCC1c1ccc2c(c1)OCCO2. The molecule has 1 atom stereocenters. The fourth-order valence-electron chi connectivity index (χ4n) is 3.86. The molecule has 1 amide bonds. The summed E-state index contributed by atoms with van der Waals surface area (Å²) in [5.74, 6) is 1.54. The first-order valence-electron chi connectivity index (χ1n) is 9.51. The van der Waals surface area contributed by atoms with E-state index in [0.29, 0.717) is 18.9 Å². The van der Waals surface area contributed by atoms with E-state index in [2.05, 4.69) is 4.98 Å². The predicted octanol–water partition coefficient (Wildman–Crippen LogP) is 4.56. The fraction of sp³-hybridized carbons (Fsp3) is 0.273. The molecule has 1 unspecified atom stereocenters. The molecular formula is C22H20N2O3S. The summed E-state index contributed by atoms with van der Waals surface area (Å²) in [6.45, 7) is 1.88. The molecular weight excluding hydrogens is 372 g/mol. The molecule has 142 valence electrons. The summed E-state index contributed by atoms with van der Waals surface area (Å²) in [4.78, 5) is 19.7. The quantitative estimate of drug-likeness (QED) is 0.656. The highest BCUT2D eigenvalue weighted by atomic mass is 32.1. The van der Waals surface area contributed by atoms with Crippen LogP contribution in [0.15, 0.2) is 53.9 Å². The maximum Gasteiger partial charge on any atom is 0.273 e. The highest BCUT2D eigenvalue weighted by molar-refractivity contribution is 7.13. The van der Waals surface area contributed by atoms with Crippen molar-refractivity contribution in [3.05, 3.63) is 65.2 Å². The van der Waals surface area contributed by atoms with Gasteiger partial charge >= 0.3 is 0 Å². The number of hydrogen-bond donors (Lipinski definition) is 0. The number of rotatable bonds is 3. The molecule has 3 heterocycles. The molecule has 0 radical (unpaired) electrons. The lowest BCUT2D eigenvalue weighted by Crippen LogP contribution is -2.30. The highest BCUT2D eigenvalue weighted by Gasteiger charge is 2.32. The van der Waals surface area contributed by atoms with Gasteiger partial charge in [-0.2, -0.15) is 0 Å². The summed E-state index contributed by atoms with van der Waals surface area (Å²) >= 11 is 1.51. The Hall–Kier alpha value is -2.86. The Morgan fingerprint density at radius 1 is 1.07 bits per heavy atom. The normalized spacial score (nSPS) is 18.3. The standard InChI is InChI=1S/C22H20N2O3S/c25-22(17-14-28-21(23-17)15-5-2-1-3-6-15)24-10-4-7-18(24)16-8-9-19-20(13-16)27-12-11-26-19/h1-3,5-6,8-9,13-14,18H,4,7,10-12H2. The number of carbonyl (C=O) groups excluding carboxylic acids is 1. The van der Waals surface area contributed by atoms with Gasteiger partial charge in [0.2, 0.25) is 0 Å². The van der Waals surface area contributed by atoms with Crippen LogP contribution in [0, 0.1) is 0 Å². The first-order valence-corrected chi connectivity index (χ1v) is 10.4. The highest BCUT2D eigenvalue weighted by Crippen LogP contribution is 2.39. The number of likely N-dealkylation sites (tertiary alicyclic amines) is 1. The molecule has 0 N–H and O–H groups in total. The van der Waals surface area contributed by atoms with Gasteiger partial charge in [-0.25, -0.2) is 4.98 Å². The van der Waals surface area contributed by atoms with E-state index in [1.54, 1.807) is 0 Å². The Balaban J connectivity index is 1.40. The van der Waals surface area contributed by atoms with Crippen LogP contribution >= 0.6 is 11.3 Å². The van der Waals surface area contributed by atoms with Crippen LogP contribution in [-0.2, 0) is 0 Å². The Kier molecular flexibility index (Phi) is 4.49. The zero-order valence-electron chi connectivity index (χ0n) is 15.3. The largest absolute Gasteiger partial charge is 0.486 e. The number of fused-ring (bicyclic) bond motifs is 1. The summed E-state index contributed by atoms with van der Waals surface area (Å²) in [5.41, 5.74) is 2.65. The van der Waals surface area contributed by atoms with Crippen LogP contribution < -0.4 is 9.47 Å². The van der Waals surface area contributed by atoms with E-state index in [1.807, 2.05) is 58.8 Å². The topological polar surface area (TPSA) is 51.7 Å². The molecule has 0 spiro atoms. The maximum atomic E-state index is 13.2. The molecule has 1 fully saturated rings. The van der Waals surface area contributed by atoms with Gasteiger partial charge in [0.05, 0.1) is 6.04 Å². The Labute approximate surface area is 167 Å². The Morgan fingerprint density at radius 2 is 1.89 bits per heavy atom. The third-order valence-corrected chi connectivity index (χ3v) is 6.10. The minimum atomic E-state index is -0.00387. The Morgan fingerprint density at radius 3 is 2.75 bits per heavy atom. The minimum Gasteiger partial charge on any atom is -0.486 e. The first-order chi connectivity index (χ1) is 13.8. The average Bonchev–Trinajstić information content (AvgIpc) is 3.44. The second-order valence-electron chi connectivity index (χ2n) is 6.96. The van der Waals surface area contributed by atoms with Crippen molar-refractivity contribution >= 4 is 17.2 Å². The number of benzene rings is 2. The zero-order chi connectivity index (χ0) is 18.9. The van der Waals surface area contributed by atoms with E-state index in [-0.39, 0.29) is 11.9 Å². The van der Waals surface area contributed by atoms with E-state index >= 15 is 0 Å². The van der Waals surface area contributed by atoms with E-state index in [9.17, 15) is 4.79 Å². The van der Waals surface area contributed by atoms with Crippen LogP contribution in [0.3, 0.4) is 0 Å². The molecule has 2 aromatic carbocycles. The smallest absolute Gasteiger partial charge is 0.273 e. The molecule has 0 bridgehead atoms. The van der Waals surface area contributed by atoms with Gasteiger partial charge in [-0.15, -0.1) is 11.3 Å². The molecule has 1 aromatic heterocycles. The van der Waals surface area contributed by atoms with Crippen LogP contribution in [0.25, 0.3) is 10.6 Å². The summed E-state index contributed by atoms with van der Waals surface area (Å²) in [7, 11) is 0. The lowest BCUT2D eigenvalue weighted by molar-refractivity contribution is 0.0730. The van der Waals surface area contributed by atoms with E-state index in [0.717, 1.165) is 47.0 Å². The van der Waals surface area contributed by atoms with Crippen LogP contribution in [0.2, 0.25) is 0 Å². The Bertz CT molecular complexity index is 1000. The van der Waals surface area contributed by atoms with E-state index < -0.39 is 0 Å². The van der Waals surface area contributed by atoms with Crippen molar-refractivity contribution in [3.8, 4) is 22.1 Å². The van der Waals surface area contributed by atoms with Crippen LogP contribution in [0.1, 0.15) is 34.9 Å². The molecule has 0 aliphatic carbocycles. The molecule has 0 saturated carbocycles. The number of amides is 1. The van der Waals surface area contributed by atoms with Crippen molar-refractivity contribution in [1.82, 2.24) is 9.88 Å². The summed E-state index contributed by atoms with van der Waals surface area (Å²) in [5, 5.41) is 2.74. The van der Waals surface area contributed by atoms with Gasteiger partial charge in [0.15, 0.2) is 11.5 Å². The zero-order valence-corrected chi connectivity index (χ0v) is 16.2. The van der Waals surface area contributed by atoms with Crippen LogP contribution in [-0.4, -0.2) is 35.5 Å². The van der Waals surface area contributed by atoms with Gasteiger partial charge in [0.1, 0.15) is 23.9 Å². The molecule has 1 saturated heterocycles. The molecule has 2 aliphatic heterocycles. The van der Waals surface area contributed by atoms with Gasteiger partial charge in [0, 0.05) is 17.5 Å². The lowest BCUT2D eigenvalue weighted by Gasteiger charge is -2.26. The van der Waals surface area contributed by atoms with E-state index in [1.165, 1.54) is 11.3 Å². The van der Waals surface area contributed by atoms with Crippen LogP contribution in [0.4, 0.5) is 0 Å². The third kappa shape index (κ3) is 3.14. The van der Waals surface area contributed by atoms with Crippen molar-refractivity contribution in [2.24, 2.45) is 0 Å². The van der Waals surface area contributed by atoms with Gasteiger partial charge in [-0.05, 0) is 30.5 Å². The number of ether oxygens (including phenoxy) is 2. The number of aromatic nitrogens is 1. The maximum absolute atomic E-state index is 13.2. The summed E-state index contributed by atoms with van der Waals surface area (Å²) in [6, 6.07) is 16.0. The monoisotopic (exact) mass is 392 g/mol. The molecule has 5 nitrogen and oxygen atoms in total. The van der Waals surface area contributed by atoms with Crippen molar-refractivity contribution < 1.29 is 14.3 Å². The molecule has 6 heteroatoms. The van der Waals surface area contributed by atoms with Gasteiger partial charge in [-0.1, -0.05) is 36.4 Å². The van der Waals surface area contributed by atoms with Crippen molar-refractivity contribution in [2.45, 2.75) is 18.9 Å². The average molecular weight is 392 g/mol. The summed E-state index contributed by atoms with van der Waals surface area (Å²) in [6.07, 6.45) is 1.93. The molecule has 3 aromatic rings.